The fourth-order valence-corrected chi connectivity index (χ4v) is 6.66. The molecule has 0 fully saturated rings. The Morgan fingerprint density at radius 2 is 2.08 bits per heavy atom. The van der Waals surface area contributed by atoms with Gasteiger partial charge in [-0.2, -0.15) is 0 Å². The van der Waals surface area contributed by atoms with E-state index < -0.39 is 4.32 Å². The number of para-hydroxylation sites is 1. The molecule has 0 saturated carbocycles. The first-order valence-electron chi connectivity index (χ1n) is 7.88. The molecular weight excluding hydrogens is 424 g/mol. The number of hydrogen-bond acceptors (Lipinski definition) is 4. The van der Waals surface area contributed by atoms with E-state index in [1.165, 1.54) is 0 Å². The van der Waals surface area contributed by atoms with E-state index in [9.17, 15) is 4.79 Å². The van der Waals surface area contributed by atoms with E-state index in [-0.39, 0.29) is 11.5 Å². The molecule has 3 heterocycles. The summed E-state index contributed by atoms with van der Waals surface area (Å²) in [5, 5.41) is 1.64. The summed E-state index contributed by atoms with van der Waals surface area (Å²) in [6, 6.07) is 13.3. The molecule has 0 amide bonds. The van der Waals surface area contributed by atoms with Gasteiger partial charge in [-0.3, -0.25) is 0 Å². The topological polar surface area (TPSA) is 39.4 Å². The number of halogens is 2. The van der Waals surface area contributed by atoms with E-state index in [0.29, 0.717) is 22.8 Å². The minimum Gasteiger partial charge on any atom is -0.491 e. The average Bonchev–Trinajstić information content (AvgIpc) is 2.60. The second-order valence-corrected chi connectivity index (χ2v) is 9.17. The van der Waals surface area contributed by atoms with Gasteiger partial charge in [0.2, 0.25) is 0 Å². The Kier molecular flexibility index (Phi) is 3.50. The van der Waals surface area contributed by atoms with Crippen LogP contribution in [0.15, 0.2) is 56.6 Å². The number of rotatable bonds is 0. The smallest absolute Gasteiger partial charge is 0.342 e. The second kappa shape index (κ2) is 5.53. The normalized spacial score (nSPS) is 24.2. The number of ether oxygens (including phenoxy) is 1. The van der Waals surface area contributed by atoms with Crippen LogP contribution in [0.1, 0.15) is 17.0 Å². The lowest BCUT2D eigenvalue weighted by Gasteiger charge is -2.43. The summed E-state index contributed by atoms with van der Waals surface area (Å²) < 4.78 is 11.0. The predicted octanol–water partition coefficient (Wildman–Crippen LogP) is 5.32. The lowest BCUT2D eigenvalue weighted by Crippen LogP contribution is -2.44. The number of thioether (sulfide) groups is 1. The van der Waals surface area contributed by atoms with Gasteiger partial charge in [-0.1, -0.05) is 45.7 Å². The Morgan fingerprint density at radius 3 is 2.96 bits per heavy atom. The lowest BCUT2D eigenvalue weighted by molar-refractivity contribution is 0.223. The third-order valence-corrected chi connectivity index (χ3v) is 7.54. The largest absolute Gasteiger partial charge is 0.491 e. The molecule has 0 radical (unpaired) electrons. The van der Waals surface area contributed by atoms with E-state index in [1.54, 1.807) is 11.8 Å². The highest BCUT2D eigenvalue weighted by Gasteiger charge is 2.50. The van der Waals surface area contributed by atoms with Gasteiger partial charge in [-0.25, -0.2) is 4.79 Å². The Balaban J connectivity index is 1.79. The maximum Gasteiger partial charge on any atom is 0.342 e. The van der Waals surface area contributed by atoms with Gasteiger partial charge < -0.3 is 9.15 Å². The monoisotopic (exact) mass is 434 g/mol. The van der Waals surface area contributed by atoms with Gasteiger partial charge in [-0.15, -0.1) is 11.8 Å². The number of alkyl halides is 1. The van der Waals surface area contributed by atoms with Crippen LogP contribution in [0, 0.1) is 0 Å². The third-order valence-electron chi connectivity index (χ3n) is 4.91. The summed E-state index contributed by atoms with van der Waals surface area (Å²) in [5.41, 5.74) is 1.99. The number of benzene rings is 2. The summed E-state index contributed by atoms with van der Waals surface area (Å²) in [7, 11) is 0. The van der Waals surface area contributed by atoms with E-state index in [2.05, 4.69) is 15.9 Å². The summed E-state index contributed by atoms with van der Waals surface area (Å²) >= 11 is 11.8. The first-order valence-corrected chi connectivity index (χ1v) is 10.0. The van der Waals surface area contributed by atoms with Crippen LogP contribution >= 0.6 is 39.3 Å². The molecular formula is C19H12BrClO3S. The van der Waals surface area contributed by atoms with E-state index in [0.717, 1.165) is 27.3 Å². The van der Waals surface area contributed by atoms with Crippen molar-refractivity contribution in [1.82, 2.24) is 0 Å². The SMILES string of the molecule is O=c1oc2ccccc2c2c1[C@@]1(Br)COc3ccc(Cl)cc3[C@H]1CS2. The van der Waals surface area contributed by atoms with Crippen molar-refractivity contribution >= 4 is 50.3 Å². The van der Waals surface area contributed by atoms with Gasteiger partial charge >= 0.3 is 5.63 Å². The standard InChI is InChI=1S/C19H12BrClO3S/c20-19-9-23-14-6-5-10(21)7-12(14)13(19)8-25-17-11-3-1-2-4-15(11)24-18(22)16(17)19/h1-7,13H,8-9H2/t13-,19-/m1/s1. The molecule has 0 aliphatic carbocycles. The molecule has 5 rings (SSSR count). The molecule has 6 heteroatoms. The molecule has 0 bridgehead atoms. The zero-order valence-electron chi connectivity index (χ0n) is 12.9. The molecule has 0 spiro atoms. The van der Waals surface area contributed by atoms with Crippen molar-refractivity contribution in [3.63, 3.8) is 0 Å². The van der Waals surface area contributed by atoms with Gasteiger partial charge in [0.15, 0.2) is 0 Å². The van der Waals surface area contributed by atoms with Gasteiger partial charge in [0.1, 0.15) is 22.3 Å². The zero-order chi connectivity index (χ0) is 17.2. The minimum atomic E-state index is -0.615. The molecule has 126 valence electrons. The molecule has 0 N–H and O–H groups in total. The molecule has 2 aliphatic heterocycles. The summed E-state index contributed by atoms with van der Waals surface area (Å²) in [6.07, 6.45) is 0. The van der Waals surface area contributed by atoms with E-state index in [4.69, 9.17) is 20.8 Å². The van der Waals surface area contributed by atoms with Crippen molar-refractivity contribution in [2.75, 3.05) is 12.4 Å². The molecule has 25 heavy (non-hydrogen) atoms. The fraction of sp³-hybridized carbons (Fsp3) is 0.211. The molecule has 2 atom stereocenters. The molecule has 3 nitrogen and oxygen atoms in total. The zero-order valence-corrected chi connectivity index (χ0v) is 16.1. The Labute approximate surface area is 161 Å². The maximum atomic E-state index is 12.8. The Hall–Kier alpha value is -1.43. The highest BCUT2D eigenvalue weighted by molar-refractivity contribution is 9.09. The van der Waals surface area contributed by atoms with Crippen LogP contribution in [0.4, 0.5) is 0 Å². The summed E-state index contributed by atoms with van der Waals surface area (Å²) in [4.78, 5) is 13.8. The molecule has 1 aromatic heterocycles. The lowest BCUT2D eigenvalue weighted by atomic mass is 9.80. The van der Waals surface area contributed by atoms with Crippen LogP contribution in [0.5, 0.6) is 5.75 Å². The average molecular weight is 436 g/mol. The van der Waals surface area contributed by atoms with Crippen LogP contribution < -0.4 is 10.4 Å². The fourth-order valence-electron chi connectivity index (χ4n) is 3.72. The molecule has 0 unspecified atom stereocenters. The summed E-state index contributed by atoms with van der Waals surface area (Å²) in [5.74, 6) is 1.75. The highest BCUT2D eigenvalue weighted by Crippen LogP contribution is 2.57. The molecule has 0 saturated heterocycles. The predicted molar refractivity (Wildman–Crippen MR) is 104 cm³/mol. The van der Waals surface area contributed by atoms with Crippen LogP contribution in [-0.4, -0.2) is 12.4 Å². The van der Waals surface area contributed by atoms with Crippen molar-refractivity contribution in [3.05, 3.63) is 69.0 Å². The van der Waals surface area contributed by atoms with Gasteiger partial charge in [0.25, 0.3) is 0 Å². The van der Waals surface area contributed by atoms with Gasteiger partial charge in [0.05, 0.1) is 5.56 Å². The molecule has 2 aromatic carbocycles. The van der Waals surface area contributed by atoms with Crippen molar-refractivity contribution < 1.29 is 9.15 Å². The highest BCUT2D eigenvalue weighted by atomic mass is 79.9. The van der Waals surface area contributed by atoms with Gasteiger partial charge in [0, 0.05) is 32.5 Å². The van der Waals surface area contributed by atoms with Crippen LogP contribution in [-0.2, 0) is 4.32 Å². The number of hydrogen-bond donors (Lipinski definition) is 0. The summed E-state index contributed by atoms with van der Waals surface area (Å²) in [6.45, 7) is 0.378. The quantitative estimate of drug-likeness (QED) is 0.354. The van der Waals surface area contributed by atoms with Crippen LogP contribution in [0.25, 0.3) is 11.0 Å². The van der Waals surface area contributed by atoms with Gasteiger partial charge in [-0.05, 0) is 24.3 Å². The minimum absolute atomic E-state index is 0.0801. The Morgan fingerprint density at radius 1 is 1.24 bits per heavy atom. The maximum absolute atomic E-state index is 12.8. The number of fused-ring (bicyclic) bond motifs is 7. The Bertz CT molecular complexity index is 1080. The molecule has 2 aliphatic rings. The van der Waals surface area contributed by atoms with E-state index >= 15 is 0 Å². The molecule has 3 aromatic rings. The first-order chi connectivity index (χ1) is 12.1. The van der Waals surface area contributed by atoms with E-state index in [1.807, 2.05) is 42.5 Å². The van der Waals surface area contributed by atoms with Crippen LogP contribution in [0.3, 0.4) is 0 Å². The van der Waals surface area contributed by atoms with Crippen molar-refractivity contribution in [2.45, 2.75) is 15.1 Å². The van der Waals surface area contributed by atoms with Crippen molar-refractivity contribution in [1.29, 1.82) is 0 Å². The van der Waals surface area contributed by atoms with Crippen molar-refractivity contribution in [2.24, 2.45) is 0 Å². The van der Waals surface area contributed by atoms with Crippen LogP contribution in [0.2, 0.25) is 5.02 Å². The third kappa shape index (κ3) is 2.22. The van der Waals surface area contributed by atoms with Crippen molar-refractivity contribution in [3.8, 4) is 5.75 Å². The second-order valence-electron chi connectivity index (χ2n) is 6.29. The first kappa shape index (κ1) is 15.8.